The molecule has 0 bridgehead atoms. The van der Waals surface area contributed by atoms with Crippen LogP contribution in [0.25, 0.3) is 0 Å². The number of benzene rings is 2. The monoisotopic (exact) mass is 414 g/mol. The molecule has 0 spiro atoms. The Morgan fingerprint density at radius 1 is 1.13 bits per heavy atom. The van der Waals surface area contributed by atoms with Gasteiger partial charge in [-0.15, -0.1) is 0 Å². The summed E-state index contributed by atoms with van der Waals surface area (Å²) in [5.74, 6) is -0.361. The standard InChI is InChI=1S/C21H26N4O5/c1-14(22-13-19(27)12-17-5-3-4-6-20(17)25(29)30)23-21(28)11-16-7-9-18(10-8-16)24-15(2)26/h3-10,14,19,22,27H,11-13H2,1-2H3,(H,23,28)(H,24,26). The van der Waals surface area contributed by atoms with E-state index < -0.39 is 17.2 Å². The largest absolute Gasteiger partial charge is 0.391 e. The molecule has 0 aliphatic rings. The van der Waals surface area contributed by atoms with E-state index in [-0.39, 0.29) is 36.9 Å². The normalized spacial score (nSPS) is 12.6. The second-order valence-corrected chi connectivity index (χ2v) is 7.00. The van der Waals surface area contributed by atoms with E-state index in [0.717, 1.165) is 5.56 Å². The summed E-state index contributed by atoms with van der Waals surface area (Å²) in [7, 11) is 0. The smallest absolute Gasteiger partial charge is 0.272 e. The van der Waals surface area contributed by atoms with Gasteiger partial charge in [0.25, 0.3) is 5.69 Å². The van der Waals surface area contributed by atoms with E-state index in [2.05, 4.69) is 16.0 Å². The molecule has 0 radical (unpaired) electrons. The van der Waals surface area contributed by atoms with Gasteiger partial charge in [0, 0.05) is 37.2 Å². The Balaban J connectivity index is 1.77. The van der Waals surface area contributed by atoms with E-state index in [1.54, 1.807) is 49.4 Å². The number of carbonyl (C=O) groups excluding carboxylic acids is 2. The van der Waals surface area contributed by atoms with E-state index in [0.29, 0.717) is 11.3 Å². The Labute approximate surface area is 174 Å². The maximum absolute atomic E-state index is 12.2. The zero-order chi connectivity index (χ0) is 22.1. The number of nitro benzene ring substituents is 1. The number of hydrogen-bond acceptors (Lipinski definition) is 6. The first kappa shape index (κ1) is 23.0. The molecule has 160 valence electrons. The van der Waals surface area contributed by atoms with E-state index in [1.807, 2.05) is 0 Å². The van der Waals surface area contributed by atoms with Gasteiger partial charge in [0.2, 0.25) is 11.8 Å². The molecule has 2 atom stereocenters. The van der Waals surface area contributed by atoms with Gasteiger partial charge in [0.05, 0.1) is 23.6 Å². The van der Waals surface area contributed by atoms with Crippen LogP contribution in [-0.4, -0.2) is 40.7 Å². The number of rotatable bonds is 10. The van der Waals surface area contributed by atoms with Crippen LogP contribution in [0.4, 0.5) is 11.4 Å². The molecule has 2 amide bonds. The van der Waals surface area contributed by atoms with Gasteiger partial charge in [-0.1, -0.05) is 30.3 Å². The first-order valence-corrected chi connectivity index (χ1v) is 9.54. The van der Waals surface area contributed by atoms with Crippen molar-refractivity contribution in [2.75, 3.05) is 11.9 Å². The number of hydrogen-bond donors (Lipinski definition) is 4. The molecule has 2 unspecified atom stereocenters. The summed E-state index contributed by atoms with van der Waals surface area (Å²) in [6, 6.07) is 13.3. The van der Waals surface area contributed by atoms with Gasteiger partial charge in [-0.05, 0) is 24.6 Å². The van der Waals surface area contributed by atoms with Crippen molar-refractivity contribution in [1.82, 2.24) is 10.6 Å². The highest BCUT2D eigenvalue weighted by molar-refractivity contribution is 5.88. The van der Waals surface area contributed by atoms with Crippen LogP contribution in [0.15, 0.2) is 48.5 Å². The second-order valence-electron chi connectivity index (χ2n) is 7.00. The van der Waals surface area contributed by atoms with Crippen molar-refractivity contribution in [1.29, 1.82) is 0 Å². The Kier molecular flexibility index (Phi) is 8.45. The van der Waals surface area contributed by atoms with Crippen LogP contribution < -0.4 is 16.0 Å². The van der Waals surface area contributed by atoms with Crippen molar-refractivity contribution in [3.63, 3.8) is 0 Å². The van der Waals surface area contributed by atoms with Crippen molar-refractivity contribution in [3.05, 3.63) is 69.8 Å². The number of carbonyl (C=O) groups is 2. The topological polar surface area (TPSA) is 134 Å². The molecule has 0 aliphatic carbocycles. The number of aliphatic hydroxyl groups excluding tert-OH is 1. The second kappa shape index (κ2) is 11.0. The minimum absolute atomic E-state index is 0.0255. The summed E-state index contributed by atoms with van der Waals surface area (Å²) < 4.78 is 0. The van der Waals surface area contributed by atoms with Crippen LogP contribution in [0, 0.1) is 10.1 Å². The number of amides is 2. The van der Waals surface area contributed by atoms with Gasteiger partial charge in [0.1, 0.15) is 0 Å². The van der Waals surface area contributed by atoms with Crippen LogP contribution in [0.1, 0.15) is 25.0 Å². The zero-order valence-corrected chi connectivity index (χ0v) is 16.9. The van der Waals surface area contributed by atoms with Crippen LogP contribution in [0.2, 0.25) is 0 Å². The minimum atomic E-state index is -0.841. The van der Waals surface area contributed by atoms with E-state index in [9.17, 15) is 24.8 Å². The number of nitrogens with one attached hydrogen (secondary N) is 3. The fourth-order valence-electron chi connectivity index (χ4n) is 2.94. The predicted octanol–water partition coefficient (Wildman–Crippen LogP) is 1.75. The van der Waals surface area contributed by atoms with Gasteiger partial charge < -0.3 is 15.7 Å². The summed E-state index contributed by atoms with van der Waals surface area (Å²) in [6.07, 6.45) is -0.931. The van der Waals surface area contributed by atoms with Gasteiger partial charge >= 0.3 is 0 Å². The maximum Gasteiger partial charge on any atom is 0.272 e. The predicted molar refractivity (Wildman–Crippen MR) is 113 cm³/mol. The Bertz CT molecular complexity index is 885. The maximum atomic E-state index is 12.2. The van der Waals surface area contributed by atoms with Crippen molar-refractivity contribution in [2.45, 2.75) is 39.0 Å². The fourth-order valence-corrected chi connectivity index (χ4v) is 2.94. The minimum Gasteiger partial charge on any atom is -0.391 e. The third-order valence-electron chi connectivity index (χ3n) is 4.32. The molecule has 0 saturated carbocycles. The highest BCUT2D eigenvalue weighted by atomic mass is 16.6. The van der Waals surface area contributed by atoms with Crippen molar-refractivity contribution >= 4 is 23.2 Å². The molecule has 4 N–H and O–H groups in total. The molecule has 9 heteroatoms. The third kappa shape index (κ3) is 7.61. The molecular formula is C21H26N4O5. The Hall–Kier alpha value is -3.30. The fraction of sp³-hybridized carbons (Fsp3) is 0.333. The summed E-state index contributed by atoms with van der Waals surface area (Å²) in [5, 5.41) is 29.7. The average molecular weight is 414 g/mol. The van der Waals surface area contributed by atoms with Crippen molar-refractivity contribution < 1.29 is 19.6 Å². The number of anilines is 1. The number of nitro groups is 1. The first-order chi connectivity index (χ1) is 14.2. The molecule has 9 nitrogen and oxygen atoms in total. The lowest BCUT2D eigenvalue weighted by molar-refractivity contribution is -0.385. The summed E-state index contributed by atoms with van der Waals surface area (Å²) >= 11 is 0. The van der Waals surface area contributed by atoms with E-state index in [4.69, 9.17) is 0 Å². The summed E-state index contributed by atoms with van der Waals surface area (Å²) in [5.41, 5.74) is 1.89. The van der Waals surface area contributed by atoms with E-state index >= 15 is 0 Å². The summed E-state index contributed by atoms with van der Waals surface area (Å²) in [4.78, 5) is 33.8. The molecule has 2 aromatic rings. The third-order valence-corrected chi connectivity index (χ3v) is 4.32. The lowest BCUT2D eigenvalue weighted by Gasteiger charge is -2.18. The van der Waals surface area contributed by atoms with E-state index in [1.165, 1.54) is 13.0 Å². The lowest BCUT2D eigenvalue weighted by atomic mass is 10.1. The zero-order valence-electron chi connectivity index (χ0n) is 16.9. The highest BCUT2D eigenvalue weighted by Gasteiger charge is 2.17. The molecule has 2 rings (SSSR count). The molecule has 2 aromatic carbocycles. The molecular weight excluding hydrogens is 388 g/mol. The van der Waals surface area contributed by atoms with Gasteiger partial charge in [-0.25, -0.2) is 0 Å². The average Bonchev–Trinajstić information content (AvgIpc) is 2.67. The Morgan fingerprint density at radius 3 is 2.43 bits per heavy atom. The van der Waals surface area contributed by atoms with Gasteiger partial charge in [-0.2, -0.15) is 0 Å². The quantitative estimate of drug-likeness (QED) is 0.266. The molecule has 30 heavy (non-hydrogen) atoms. The van der Waals surface area contributed by atoms with Crippen LogP contribution >= 0.6 is 0 Å². The Morgan fingerprint density at radius 2 is 1.80 bits per heavy atom. The van der Waals surface area contributed by atoms with Crippen molar-refractivity contribution in [2.24, 2.45) is 0 Å². The van der Waals surface area contributed by atoms with Gasteiger partial charge in [0.15, 0.2) is 0 Å². The highest BCUT2D eigenvalue weighted by Crippen LogP contribution is 2.19. The molecule has 0 fully saturated rings. The van der Waals surface area contributed by atoms with Gasteiger partial charge in [-0.3, -0.25) is 25.0 Å². The molecule has 0 heterocycles. The molecule has 0 aromatic heterocycles. The first-order valence-electron chi connectivity index (χ1n) is 9.54. The number of nitrogens with zero attached hydrogens (tertiary/aromatic N) is 1. The molecule has 0 saturated heterocycles. The van der Waals surface area contributed by atoms with Crippen molar-refractivity contribution in [3.8, 4) is 0 Å². The number of para-hydroxylation sites is 1. The number of aliphatic hydroxyl groups is 1. The SMILES string of the molecule is CC(=O)Nc1ccc(CC(=O)NC(C)NCC(O)Cc2ccccc2[N+](=O)[O-])cc1. The lowest BCUT2D eigenvalue weighted by Crippen LogP contribution is -2.46. The van der Waals surface area contributed by atoms with Crippen LogP contribution in [-0.2, 0) is 22.4 Å². The van der Waals surface area contributed by atoms with Crippen LogP contribution in [0.5, 0.6) is 0 Å². The van der Waals surface area contributed by atoms with Crippen LogP contribution in [0.3, 0.4) is 0 Å². The summed E-state index contributed by atoms with van der Waals surface area (Å²) in [6.45, 7) is 3.34. The molecule has 0 aliphatic heterocycles.